The molecule has 3 aromatic heterocycles. The minimum absolute atomic E-state index is 0.0333. The van der Waals surface area contributed by atoms with Gasteiger partial charge in [-0.05, 0) is 45.2 Å². The van der Waals surface area contributed by atoms with E-state index in [9.17, 15) is 23.3 Å². The zero-order chi connectivity index (χ0) is 26.5. The zero-order valence-electron chi connectivity index (χ0n) is 21.2. The van der Waals surface area contributed by atoms with Crippen LogP contribution in [0.3, 0.4) is 0 Å². The third kappa shape index (κ3) is 4.40. The standard InChI is InChI=1S/C24H30BN5O5S/c1-14(2)11-21-20-13-29(23(25(32)33)22(20)24(31)28(6)27-21)12-19-16(4)26-30(17(19)5)36(34,35)18-9-7-15(3)8-10-18/h7-10,13-14,32-33H,11-12H2,1-6H3. The first kappa shape index (κ1) is 25.9. The normalized spacial score (nSPS) is 12.1. The van der Waals surface area contributed by atoms with E-state index in [1.54, 1.807) is 48.9 Å². The first-order valence-electron chi connectivity index (χ1n) is 11.6. The van der Waals surface area contributed by atoms with Gasteiger partial charge in [0.15, 0.2) is 0 Å². The van der Waals surface area contributed by atoms with Gasteiger partial charge in [-0.2, -0.15) is 22.7 Å². The molecule has 4 rings (SSSR count). The van der Waals surface area contributed by atoms with Crippen LogP contribution in [0.2, 0.25) is 0 Å². The van der Waals surface area contributed by atoms with Crippen molar-refractivity contribution in [2.24, 2.45) is 13.0 Å². The Hall–Kier alpha value is -3.22. The largest absolute Gasteiger partial charge is 0.506 e. The van der Waals surface area contributed by atoms with Crippen LogP contribution in [0, 0.1) is 26.7 Å². The van der Waals surface area contributed by atoms with E-state index < -0.39 is 22.7 Å². The van der Waals surface area contributed by atoms with E-state index in [4.69, 9.17) is 0 Å². The molecule has 4 aromatic rings. The molecule has 0 aliphatic carbocycles. The van der Waals surface area contributed by atoms with Gasteiger partial charge < -0.3 is 14.6 Å². The number of benzene rings is 1. The van der Waals surface area contributed by atoms with Gasteiger partial charge in [0.2, 0.25) is 0 Å². The van der Waals surface area contributed by atoms with E-state index in [2.05, 4.69) is 10.2 Å². The summed E-state index contributed by atoms with van der Waals surface area (Å²) in [6.07, 6.45) is 2.28. The van der Waals surface area contributed by atoms with Crippen LogP contribution in [0.25, 0.3) is 10.8 Å². The lowest BCUT2D eigenvalue weighted by atomic mass is 9.83. The lowest BCUT2D eigenvalue weighted by Gasteiger charge is -2.11. The van der Waals surface area contributed by atoms with Gasteiger partial charge in [-0.3, -0.25) is 4.79 Å². The lowest BCUT2D eigenvalue weighted by molar-refractivity contribution is 0.422. The molecule has 12 heteroatoms. The van der Waals surface area contributed by atoms with E-state index in [0.717, 1.165) is 9.65 Å². The first-order valence-corrected chi connectivity index (χ1v) is 13.1. The van der Waals surface area contributed by atoms with Crippen molar-refractivity contribution >= 4 is 33.5 Å². The number of fused-ring (bicyclic) bond motifs is 1. The Balaban J connectivity index is 1.88. The molecule has 0 spiro atoms. The molecule has 0 atom stereocenters. The number of aryl methyl sites for hydroxylation is 3. The summed E-state index contributed by atoms with van der Waals surface area (Å²) in [5.41, 5.74) is 2.69. The predicted molar refractivity (Wildman–Crippen MR) is 138 cm³/mol. The summed E-state index contributed by atoms with van der Waals surface area (Å²) in [6.45, 7) is 9.39. The van der Waals surface area contributed by atoms with Crippen LogP contribution in [0.4, 0.5) is 0 Å². The molecule has 36 heavy (non-hydrogen) atoms. The van der Waals surface area contributed by atoms with Crippen molar-refractivity contribution in [1.82, 2.24) is 23.5 Å². The zero-order valence-corrected chi connectivity index (χ0v) is 22.0. The average molecular weight is 511 g/mol. The molecule has 0 unspecified atom stereocenters. The van der Waals surface area contributed by atoms with Crippen molar-refractivity contribution in [2.75, 3.05) is 0 Å². The maximum absolute atomic E-state index is 13.3. The van der Waals surface area contributed by atoms with Crippen LogP contribution < -0.4 is 11.2 Å². The van der Waals surface area contributed by atoms with Crippen LogP contribution in [-0.4, -0.2) is 49.1 Å². The Morgan fingerprint density at radius 1 is 1.06 bits per heavy atom. The predicted octanol–water partition coefficient (Wildman–Crippen LogP) is 1.02. The number of nitrogens with zero attached hydrogens (tertiary/aromatic N) is 5. The SMILES string of the molecule is Cc1ccc(S(=O)(=O)n2nc(C)c(Cn3cc4c(CC(C)C)nn(C)c(=O)c4c3B(O)O)c2C)cc1. The fourth-order valence-electron chi connectivity index (χ4n) is 4.50. The molecule has 2 N–H and O–H groups in total. The highest BCUT2D eigenvalue weighted by Crippen LogP contribution is 2.23. The summed E-state index contributed by atoms with van der Waals surface area (Å²) in [7, 11) is -4.32. The van der Waals surface area contributed by atoms with Crippen molar-refractivity contribution < 1.29 is 18.5 Å². The topological polar surface area (TPSA) is 132 Å². The second kappa shape index (κ2) is 9.34. The molecule has 0 aliphatic rings. The first-order chi connectivity index (χ1) is 16.8. The highest BCUT2D eigenvalue weighted by atomic mass is 32.2. The van der Waals surface area contributed by atoms with Gasteiger partial charge in [-0.25, -0.2) is 4.68 Å². The molecule has 0 saturated heterocycles. The molecule has 0 radical (unpaired) electrons. The van der Waals surface area contributed by atoms with Crippen LogP contribution in [0.15, 0.2) is 40.2 Å². The fraction of sp³-hybridized carbons (Fsp3) is 0.375. The van der Waals surface area contributed by atoms with E-state index >= 15 is 0 Å². The summed E-state index contributed by atoms with van der Waals surface area (Å²) >= 11 is 0. The van der Waals surface area contributed by atoms with E-state index in [0.29, 0.717) is 34.5 Å². The average Bonchev–Trinajstić information content (AvgIpc) is 3.31. The molecule has 190 valence electrons. The Labute approximate surface area is 210 Å². The number of aromatic nitrogens is 5. The van der Waals surface area contributed by atoms with Gasteiger partial charge in [-0.15, -0.1) is 0 Å². The third-order valence-corrected chi connectivity index (χ3v) is 8.01. The molecule has 3 heterocycles. The Morgan fingerprint density at radius 3 is 2.28 bits per heavy atom. The van der Waals surface area contributed by atoms with Gasteiger partial charge in [0.05, 0.1) is 39.5 Å². The van der Waals surface area contributed by atoms with Gasteiger partial charge >= 0.3 is 7.12 Å². The van der Waals surface area contributed by atoms with E-state index in [1.807, 2.05) is 20.8 Å². The smallest absolute Gasteiger partial charge is 0.422 e. The minimum atomic E-state index is -3.93. The monoisotopic (exact) mass is 511 g/mol. The minimum Gasteiger partial charge on any atom is -0.422 e. The molecule has 0 aliphatic heterocycles. The van der Waals surface area contributed by atoms with Crippen molar-refractivity contribution in [1.29, 1.82) is 0 Å². The Bertz CT molecular complexity index is 1620. The van der Waals surface area contributed by atoms with Gasteiger partial charge in [0, 0.05) is 24.2 Å². The van der Waals surface area contributed by atoms with Gasteiger partial charge in [0.1, 0.15) is 0 Å². The van der Waals surface area contributed by atoms with Crippen molar-refractivity contribution in [2.45, 2.75) is 52.5 Å². The second-order valence-corrected chi connectivity index (χ2v) is 11.4. The van der Waals surface area contributed by atoms with Gasteiger partial charge in [-0.1, -0.05) is 31.5 Å². The van der Waals surface area contributed by atoms with E-state index in [-0.39, 0.29) is 28.3 Å². The quantitative estimate of drug-likeness (QED) is 0.354. The highest BCUT2D eigenvalue weighted by molar-refractivity contribution is 7.89. The summed E-state index contributed by atoms with van der Waals surface area (Å²) in [5.74, 6) is 0.263. The molecule has 1 aromatic carbocycles. The Kier molecular flexibility index (Phi) is 6.71. The summed E-state index contributed by atoms with van der Waals surface area (Å²) in [4.78, 5) is 13.1. The second-order valence-electron chi connectivity index (χ2n) is 9.59. The molecular weight excluding hydrogens is 481 g/mol. The third-order valence-electron chi connectivity index (χ3n) is 6.33. The summed E-state index contributed by atoms with van der Waals surface area (Å²) < 4.78 is 30.4. The molecule has 10 nitrogen and oxygen atoms in total. The summed E-state index contributed by atoms with van der Waals surface area (Å²) in [6, 6.07) is 6.53. The van der Waals surface area contributed by atoms with Crippen LogP contribution in [-0.2, 0) is 30.0 Å². The van der Waals surface area contributed by atoms with Crippen LogP contribution in [0.5, 0.6) is 0 Å². The van der Waals surface area contributed by atoms with Crippen molar-refractivity contribution in [3.63, 3.8) is 0 Å². The van der Waals surface area contributed by atoms with Crippen molar-refractivity contribution in [3.8, 4) is 0 Å². The highest BCUT2D eigenvalue weighted by Gasteiger charge is 2.29. The van der Waals surface area contributed by atoms with Crippen LogP contribution >= 0.6 is 0 Å². The number of hydrogen-bond acceptors (Lipinski definition) is 7. The molecule has 0 saturated carbocycles. The van der Waals surface area contributed by atoms with E-state index in [1.165, 1.54) is 11.7 Å². The lowest BCUT2D eigenvalue weighted by Crippen LogP contribution is -2.40. The fourth-order valence-corrected chi connectivity index (χ4v) is 5.88. The van der Waals surface area contributed by atoms with Crippen LogP contribution in [0.1, 0.15) is 42.1 Å². The maximum atomic E-state index is 13.3. The Morgan fingerprint density at radius 2 is 1.69 bits per heavy atom. The molecule has 0 bridgehead atoms. The summed E-state index contributed by atoms with van der Waals surface area (Å²) in [5, 5.41) is 29.9. The number of rotatable bonds is 7. The maximum Gasteiger partial charge on any atom is 0.506 e. The molecular formula is C24H30BN5O5S. The van der Waals surface area contributed by atoms with Gasteiger partial charge in [0.25, 0.3) is 15.6 Å². The van der Waals surface area contributed by atoms with Crippen molar-refractivity contribution in [3.05, 3.63) is 69.0 Å². The molecule has 0 fully saturated rings. The number of hydrogen-bond donors (Lipinski definition) is 2. The molecule has 0 amide bonds.